The second-order valence-corrected chi connectivity index (χ2v) is 4.27. The number of aliphatic hydroxyl groups is 1. The highest BCUT2D eigenvalue weighted by atomic mass is 16.3. The number of anilines is 1. The Kier molecular flexibility index (Phi) is 6.22. The number of hydrogen-bond acceptors (Lipinski definition) is 2. The van der Waals surface area contributed by atoms with Crippen LogP contribution in [0.3, 0.4) is 0 Å². The van der Waals surface area contributed by atoms with Crippen LogP contribution in [-0.2, 0) is 6.42 Å². The number of carbonyl (C=O) groups is 1. The number of nitrogens with one attached hydrogen (secondary N) is 2. The van der Waals surface area contributed by atoms with Gasteiger partial charge < -0.3 is 15.7 Å². The summed E-state index contributed by atoms with van der Waals surface area (Å²) < 4.78 is 0. The Morgan fingerprint density at radius 2 is 1.94 bits per heavy atom. The van der Waals surface area contributed by atoms with Gasteiger partial charge in [0.15, 0.2) is 0 Å². The third kappa shape index (κ3) is 4.75. The largest absolute Gasteiger partial charge is 0.396 e. The molecule has 1 aromatic rings. The molecule has 18 heavy (non-hydrogen) atoms. The third-order valence-corrected chi connectivity index (χ3v) is 2.93. The summed E-state index contributed by atoms with van der Waals surface area (Å²) in [7, 11) is 0. The molecule has 4 heteroatoms. The molecule has 0 spiro atoms. The molecule has 100 valence electrons. The van der Waals surface area contributed by atoms with Gasteiger partial charge in [-0.2, -0.15) is 0 Å². The van der Waals surface area contributed by atoms with Gasteiger partial charge in [-0.05, 0) is 37.0 Å². The van der Waals surface area contributed by atoms with Gasteiger partial charge in [0.2, 0.25) is 0 Å². The molecule has 1 atom stereocenters. The monoisotopic (exact) mass is 250 g/mol. The summed E-state index contributed by atoms with van der Waals surface area (Å²) in [6.07, 6.45) is 2.38. The van der Waals surface area contributed by atoms with E-state index in [1.807, 2.05) is 31.2 Å². The molecule has 0 aromatic heterocycles. The van der Waals surface area contributed by atoms with Crippen molar-refractivity contribution >= 4 is 11.7 Å². The maximum absolute atomic E-state index is 11.7. The first-order valence-electron chi connectivity index (χ1n) is 6.46. The Bertz CT molecular complexity index is 363. The van der Waals surface area contributed by atoms with Crippen molar-refractivity contribution < 1.29 is 9.90 Å². The zero-order valence-corrected chi connectivity index (χ0v) is 11.1. The van der Waals surface area contributed by atoms with Gasteiger partial charge in [0, 0.05) is 18.3 Å². The first-order valence-corrected chi connectivity index (χ1v) is 6.46. The third-order valence-electron chi connectivity index (χ3n) is 2.93. The summed E-state index contributed by atoms with van der Waals surface area (Å²) in [4.78, 5) is 11.7. The number of amides is 2. The van der Waals surface area contributed by atoms with E-state index >= 15 is 0 Å². The number of aryl methyl sites for hydroxylation is 1. The van der Waals surface area contributed by atoms with Crippen LogP contribution in [0.4, 0.5) is 10.5 Å². The Morgan fingerprint density at radius 3 is 2.44 bits per heavy atom. The van der Waals surface area contributed by atoms with E-state index in [2.05, 4.69) is 17.6 Å². The van der Waals surface area contributed by atoms with Gasteiger partial charge in [-0.3, -0.25) is 0 Å². The van der Waals surface area contributed by atoms with Crippen molar-refractivity contribution in [3.05, 3.63) is 29.8 Å². The van der Waals surface area contributed by atoms with Crippen LogP contribution < -0.4 is 10.6 Å². The van der Waals surface area contributed by atoms with Crippen LogP contribution in [0, 0.1) is 0 Å². The highest BCUT2D eigenvalue weighted by Crippen LogP contribution is 2.10. The van der Waals surface area contributed by atoms with E-state index in [1.165, 1.54) is 5.56 Å². The molecular formula is C14H22N2O2. The van der Waals surface area contributed by atoms with Gasteiger partial charge in [-0.15, -0.1) is 0 Å². The molecule has 1 unspecified atom stereocenters. The van der Waals surface area contributed by atoms with E-state index in [4.69, 9.17) is 5.11 Å². The Balaban J connectivity index is 2.47. The molecule has 1 aromatic carbocycles. The maximum atomic E-state index is 11.7. The fraction of sp³-hybridized carbons (Fsp3) is 0.500. The van der Waals surface area contributed by atoms with Gasteiger partial charge in [0.05, 0.1) is 0 Å². The number of benzene rings is 1. The first kappa shape index (κ1) is 14.5. The van der Waals surface area contributed by atoms with Crippen molar-refractivity contribution in [2.45, 2.75) is 39.2 Å². The molecule has 0 radical (unpaired) electrons. The van der Waals surface area contributed by atoms with Gasteiger partial charge in [-0.1, -0.05) is 26.0 Å². The highest BCUT2D eigenvalue weighted by Gasteiger charge is 2.09. The fourth-order valence-corrected chi connectivity index (χ4v) is 1.71. The molecule has 0 aliphatic rings. The van der Waals surface area contributed by atoms with Crippen molar-refractivity contribution in [3.63, 3.8) is 0 Å². The molecule has 0 fully saturated rings. The summed E-state index contributed by atoms with van der Waals surface area (Å²) in [6, 6.07) is 7.59. The van der Waals surface area contributed by atoms with E-state index < -0.39 is 0 Å². The lowest BCUT2D eigenvalue weighted by Gasteiger charge is -2.16. The van der Waals surface area contributed by atoms with E-state index in [9.17, 15) is 4.79 Å². The predicted molar refractivity (Wildman–Crippen MR) is 73.8 cm³/mol. The zero-order chi connectivity index (χ0) is 13.4. The molecule has 0 heterocycles. The van der Waals surface area contributed by atoms with Gasteiger partial charge in [-0.25, -0.2) is 4.79 Å². The van der Waals surface area contributed by atoms with E-state index in [0.717, 1.165) is 18.5 Å². The van der Waals surface area contributed by atoms with Crippen molar-refractivity contribution in [1.29, 1.82) is 0 Å². The molecule has 0 saturated heterocycles. The summed E-state index contributed by atoms with van der Waals surface area (Å²) in [5.41, 5.74) is 2.02. The number of aliphatic hydroxyl groups excluding tert-OH is 1. The van der Waals surface area contributed by atoms with Crippen molar-refractivity contribution in [2.75, 3.05) is 11.9 Å². The van der Waals surface area contributed by atoms with Crippen molar-refractivity contribution in [3.8, 4) is 0 Å². The minimum atomic E-state index is -0.223. The maximum Gasteiger partial charge on any atom is 0.319 e. The molecule has 0 aliphatic heterocycles. The van der Waals surface area contributed by atoms with Crippen LogP contribution in [0.15, 0.2) is 24.3 Å². The molecule has 3 N–H and O–H groups in total. The smallest absolute Gasteiger partial charge is 0.319 e. The number of rotatable bonds is 6. The Hall–Kier alpha value is -1.55. The summed E-state index contributed by atoms with van der Waals surface area (Å²) in [6.45, 7) is 4.16. The lowest BCUT2D eigenvalue weighted by atomic mass is 10.1. The fourth-order valence-electron chi connectivity index (χ4n) is 1.71. The van der Waals surface area contributed by atoms with Crippen LogP contribution in [0.25, 0.3) is 0 Å². The van der Waals surface area contributed by atoms with E-state index in [1.54, 1.807) is 0 Å². The van der Waals surface area contributed by atoms with Crippen LogP contribution in [0.5, 0.6) is 0 Å². The minimum absolute atomic E-state index is 0.0184. The summed E-state index contributed by atoms with van der Waals surface area (Å²) in [5.74, 6) is 0. The molecule has 4 nitrogen and oxygen atoms in total. The predicted octanol–water partition coefficient (Wildman–Crippen LogP) is 2.53. The van der Waals surface area contributed by atoms with Crippen LogP contribution >= 0.6 is 0 Å². The average molecular weight is 250 g/mol. The second-order valence-electron chi connectivity index (χ2n) is 4.27. The SMILES string of the molecule is CCc1ccc(NC(=O)NC(CC)CCO)cc1. The lowest BCUT2D eigenvalue weighted by molar-refractivity contribution is 0.237. The van der Waals surface area contributed by atoms with Crippen molar-refractivity contribution in [1.82, 2.24) is 5.32 Å². The van der Waals surface area contributed by atoms with Crippen LogP contribution in [0.1, 0.15) is 32.3 Å². The second kappa shape index (κ2) is 7.71. The number of carbonyl (C=O) groups excluding carboxylic acids is 1. The Morgan fingerprint density at radius 1 is 1.28 bits per heavy atom. The normalized spacial score (nSPS) is 11.9. The standard InChI is InChI=1S/C14H22N2O2/c1-3-11-5-7-13(8-6-11)16-14(18)15-12(4-2)9-10-17/h5-8,12,17H,3-4,9-10H2,1-2H3,(H2,15,16,18). The van der Waals surface area contributed by atoms with Crippen LogP contribution in [-0.4, -0.2) is 23.8 Å². The van der Waals surface area contributed by atoms with E-state index in [-0.39, 0.29) is 18.7 Å². The first-order chi connectivity index (χ1) is 8.69. The quantitative estimate of drug-likeness (QED) is 0.726. The van der Waals surface area contributed by atoms with Crippen LogP contribution in [0.2, 0.25) is 0 Å². The van der Waals surface area contributed by atoms with Gasteiger partial charge in [0.1, 0.15) is 0 Å². The van der Waals surface area contributed by atoms with Gasteiger partial charge in [0.25, 0.3) is 0 Å². The zero-order valence-electron chi connectivity index (χ0n) is 11.1. The van der Waals surface area contributed by atoms with E-state index in [0.29, 0.717) is 6.42 Å². The van der Waals surface area contributed by atoms with Gasteiger partial charge >= 0.3 is 6.03 Å². The molecule has 0 saturated carbocycles. The molecular weight excluding hydrogens is 228 g/mol. The highest BCUT2D eigenvalue weighted by molar-refractivity contribution is 5.89. The lowest BCUT2D eigenvalue weighted by Crippen LogP contribution is -2.38. The number of urea groups is 1. The topological polar surface area (TPSA) is 61.4 Å². The number of hydrogen-bond donors (Lipinski definition) is 3. The molecule has 1 rings (SSSR count). The Labute approximate surface area is 108 Å². The molecule has 0 aliphatic carbocycles. The molecule has 0 bridgehead atoms. The summed E-state index contributed by atoms with van der Waals surface area (Å²) in [5, 5.41) is 14.5. The minimum Gasteiger partial charge on any atom is -0.396 e. The molecule has 2 amide bonds. The summed E-state index contributed by atoms with van der Waals surface area (Å²) >= 11 is 0. The average Bonchev–Trinajstić information content (AvgIpc) is 2.39. The van der Waals surface area contributed by atoms with Crippen molar-refractivity contribution in [2.24, 2.45) is 0 Å².